The second kappa shape index (κ2) is 9.71. The summed E-state index contributed by atoms with van der Waals surface area (Å²) in [5.74, 6) is 0.734. The van der Waals surface area contributed by atoms with Gasteiger partial charge in [-0.1, -0.05) is 129 Å². The van der Waals surface area contributed by atoms with Crippen LogP contribution >= 0.6 is 11.3 Å². The second-order valence-corrected chi connectivity index (χ2v) is 14.0. The summed E-state index contributed by atoms with van der Waals surface area (Å²) in [5.41, 5.74) is 11.8. The molecule has 9 aromatic rings. The molecule has 47 heavy (non-hydrogen) atoms. The number of hydrogen-bond donors (Lipinski definition) is 0. The Balaban J connectivity index is 1.32. The summed E-state index contributed by atoms with van der Waals surface area (Å²) >= 11 is 1.74. The Kier molecular flexibility index (Phi) is 5.50. The third-order valence-electron chi connectivity index (χ3n) is 10.1. The molecular weight excluding hydrogens is 591 g/mol. The minimum absolute atomic E-state index is 0.0964. The van der Waals surface area contributed by atoms with E-state index < -0.39 is 0 Å². The van der Waals surface area contributed by atoms with Gasteiger partial charge >= 0.3 is 0 Å². The van der Waals surface area contributed by atoms with Gasteiger partial charge < -0.3 is 4.57 Å². The zero-order chi connectivity index (χ0) is 31.3. The number of benzene rings is 6. The molecule has 3 nitrogen and oxygen atoms in total. The fourth-order valence-electron chi connectivity index (χ4n) is 7.90. The van der Waals surface area contributed by atoms with Gasteiger partial charge in [0.2, 0.25) is 0 Å². The lowest BCUT2D eigenvalue weighted by Gasteiger charge is -2.21. The van der Waals surface area contributed by atoms with Crippen LogP contribution in [-0.4, -0.2) is 14.5 Å². The monoisotopic (exact) mass is 619 g/mol. The lowest BCUT2D eigenvalue weighted by molar-refractivity contribution is 0.661. The smallest absolute Gasteiger partial charge is 0.163 e. The van der Waals surface area contributed by atoms with Crippen LogP contribution in [0.15, 0.2) is 140 Å². The molecule has 0 spiro atoms. The van der Waals surface area contributed by atoms with Gasteiger partial charge in [0.05, 0.1) is 22.4 Å². The van der Waals surface area contributed by atoms with Crippen molar-refractivity contribution < 1.29 is 0 Å². The number of para-hydroxylation sites is 2. The summed E-state index contributed by atoms with van der Waals surface area (Å²) < 4.78 is 3.69. The molecule has 0 aliphatic heterocycles. The van der Waals surface area contributed by atoms with Crippen molar-refractivity contribution in [2.45, 2.75) is 19.3 Å². The van der Waals surface area contributed by atoms with Crippen LogP contribution in [0.25, 0.3) is 81.6 Å². The molecule has 0 atom stereocenters. The zero-order valence-corrected chi connectivity index (χ0v) is 26.8. The molecule has 4 heteroatoms. The van der Waals surface area contributed by atoms with Gasteiger partial charge in [-0.2, -0.15) is 0 Å². The molecule has 0 radical (unpaired) electrons. The maximum absolute atomic E-state index is 5.41. The van der Waals surface area contributed by atoms with E-state index in [9.17, 15) is 0 Å². The average molecular weight is 620 g/mol. The number of aromatic nitrogens is 3. The summed E-state index contributed by atoms with van der Waals surface area (Å²) in [6, 6.07) is 50.2. The van der Waals surface area contributed by atoms with Crippen molar-refractivity contribution in [1.82, 2.24) is 14.5 Å². The van der Waals surface area contributed by atoms with Crippen LogP contribution in [0.2, 0.25) is 0 Å². The fourth-order valence-corrected chi connectivity index (χ4v) is 8.97. The molecule has 0 saturated heterocycles. The largest absolute Gasteiger partial charge is 0.308 e. The third kappa shape index (κ3) is 3.67. The maximum atomic E-state index is 5.41. The Labute approximate surface area is 276 Å². The molecule has 1 aliphatic carbocycles. The van der Waals surface area contributed by atoms with E-state index in [4.69, 9.17) is 9.97 Å². The Hall–Kier alpha value is -5.58. The van der Waals surface area contributed by atoms with E-state index in [0.29, 0.717) is 0 Å². The minimum Gasteiger partial charge on any atom is -0.308 e. The average Bonchev–Trinajstić information content (AvgIpc) is 3.74. The number of rotatable bonds is 3. The highest BCUT2D eigenvalue weighted by Crippen LogP contribution is 2.53. The Morgan fingerprint density at radius 1 is 0.574 bits per heavy atom. The number of nitrogens with zero attached hydrogens (tertiary/aromatic N) is 3. The quantitative estimate of drug-likeness (QED) is 0.197. The van der Waals surface area contributed by atoms with Crippen LogP contribution in [0.3, 0.4) is 0 Å². The van der Waals surface area contributed by atoms with E-state index in [1.165, 1.54) is 54.1 Å². The summed E-state index contributed by atoms with van der Waals surface area (Å²) in [6.07, 6.45) is 0. The van der Waals surface area contributed by atoms with Crippen molar-refractivity contribution in [3.05, 3.63) is 151 Å². The molecule has 0 amide bonds. The molecule has 6 aromatic carbocycles. The lowest BCUT2D eigenvalue weighted by atomic mass is 9.82. The van der Waals surface area contributed by atoms with Crippen molar-refractivity contribution in [2.75, 3.05) is 0 Å². The van der Waals surface area contributed by atoms with Gasteiger partial charge in [0.1, 0.15) is 4.83 Å². The first-order valence-electron chi connectivity index (χ1n) is 16.1. The minimum atomic E-state index is -0.0964. The highest BCUT2D eigenvalue weighted by atomic mass is 32.1. The highest BCUT2D eigenvalue weighted by molar-refractivity contribution is 7.25. The first kappa shape index (κ1) is 26.6. The van der Waals surface area contributed by atoms with Crippen LogP contribution in [0.1, 0.15) is 25.0 Å². The van der Waals surface area contributed by atoms with E-state index in [1.807, 2.05) is 0 Å². The molecular formula is C43H29N3S. The first-order valence-corrected chi connectivity index (χ1v) is 16.9. The van der Waals surface area contributed by atoms with Crippen LogP contribution in [-0.2, 0) is 5.41 Å². The highest BCUT2D eigenvalue weighted by Gasteiger charge is 2.37. The van der Waals surface area contributed by atoms with Crippen LogP contribution in [0.4, 0.5) is 0 Å². The molecule has 0 saturated carbocycles. The van der Waals surface area contributed by atoms with Crippen LogP contribution in [0.5, 0.6) is 0 Å². The zero-order valence-electron chi connectivity index (χ0n) is 26.0. The summed E-state index contributed by atoms with van der Waals surface area (Å²) in [6.45, 7) is 4.70. The molecule has 0 fully saturated rings. The predicted octanol–water partition coefficient (Wildman–Crippen LogP) is 11.6. The van der Waals surface area contributed by atoms with E-state index in [1.54, 1.807) is 11.3 Å². The first-order chi connectivity index (χ1) is 23.1. The molecule has 0 N–H and O–H groups in total. The second-order valence-electron chi connectivity index (χ2n) is 13.0. The van der Waals surface area contributed by atoms with Crippen molar-refractivity contribution in [1.29, 1.82) is 0 Å². The molecule has 222 valence electrons. The molecule has 10 rings (SSSR count). The van der Waals surface area contributed by atoms with Gasteiger partial charge in [-0.05, 0) is 41.0 Å². The van der Waals surface area contributed by atoms with Gasteiger partial charge in [0.15, 0.2) is 5.82 Å². The van der Waals surface area contributed by atoms with Crippen molar-refractivity contribution >= 4 is 53.4 Å². The van der Waals surface area contributed by atoms with E-state index >= 15 is 0 Å². The predicted molar refractivity (Wildman–Crippen MR) is 198 cm³/mol. The Bertz CT molecular complexity index is 2710. The van der Waals surface area contributed by atoms with Gasteiger partial charge in [-0.25, -0.2) is 9.97 Å². The van der Waals surface area contributed by atoms with Gasteiger partial charge in [0, 0.05) is 48.4 Å². The van der Waals surface area contributed by atoms with E-state index in [0.717, 1.165) is 38.5 Å². The maximum Gasteiger partial charge on any atom is 0.163 e. The number of thiophene rings is 1. The number of hydrogen-bond acceptors (Lipinski definition) is 3. The molecule has 0 unspecified atom stereocenters. The van der Waals surface area contributed by atoms with Gasteiger partial charge in [-0.15, -0.1) is 11.3 Å². The summed E-state index contributed by atoms with van der Waals surface area (Å²) in [7, 11) is 0. The summed E-state index contributed by atoms with van der Waals surface area (Å²) in [4.78, 5) is 11.7. The SMILES string of the molecule is CC1(C)c2ccccc2-c2c1ccc1c3ccccc3n(-c3ccccc3-c3nc(-c4ccccc4)c4c(n3)sc3ccccc34)c21. The van der Waals surface area contributed by atoms with Gasteiger partial charge in [0.25, 0.3) is 0 Å². The third-order valence-corrected chi connectivity index (χ3v) is 11.1. The molecule has 1 aliphatic rings. The van der Waals surface area contributed by atoms with Crippen LogP contribution in [0, 0.1) is 0 Å². The Morgan fingerprint density at radius 2 is 1.28 bits per heavy atom. The standard InChI is InChI=1S/C43H29N3S/c1-43(2)32-20-10-6-17-29(32)37-33(43)25-24-28-27-16-7-11-21-34(27)46(40(28)37)35-22-12-8-18-30(35)41-44-39(26-14-4-3-5-15-26)38-31-19-9-13-23-36(31)47-42(38)45-41/h3-25H,1-2H3. The van der Waals surface area contributed by atoms with Crippen molar-refractivity contribution in [3.63, 3.8) is 0 Å². The van der Waals surface area contributed by atoms with Crippen molar-refractivity contribution in [3.8, 4) is 39.5 Å². The van der Waals surface area contributed by atoms with Crippen LogP contribution < -0.4 is 0 Å². The fraction of sp³-hybridized carbons (Fsp3) is 0.0698. The van der Waals surface area contributed by atoms with Gasteiger partial charge in [-0.3, -0.25) is 0 Å². The lowest BCUT2D eigenvalue weighted by Crippen LogP contribution is -2.14. The molecule has 3 heterocycles. The summed E-state index contributed by atoms with van der Waals surface area (Å²) in [5, 5.41) is 4.82. The van der Waals surface area contributed by atoms with E-state index in [-0.39, 0.29) is 5.41 Å². The van der Waals surface area contributed by atoms with E-state index in [2.05, 4.69) is 158 Å². The number of fused-ring (bicyclic) bond motifs is 10. The molecule has 3 aromatic heterocycles. The van der Waals surface area contributed by atoms with Crippen molar-refractivity contribution in [2.24, 2.45) is 0 Å². The Morgan fingerprint density at radius 3 is 2.15 bits per heavy atom. The topological polar surface area (TPSA) is 30.7 Å². The molecule has 0 bridgehead atoms. The normalized spacial score (nSPS) is 13.5.